The Labute approximate surface area is 136 Å². The summed E-state index contributed by atoms with van der Waals surface area (Å²) in [4.78, 5) is 23.4. The summed E-state index contributed by atoms with van der Waals surface area (Å²) in [5, 5.41) is 5.99. The first-order valence-electron chi connectivity index (χ1n) is 8.04. The molecule has 5 heteroatoms. The van der Waals surface area contributed by atoms with E-state index < -0.39 is 6.23 Å². The van der Waals surface area contributed by atoms with Gasteiger partial charge in [0.2, 0.25) is 5.91 Å². The van der Waals surface area contributed by atoms with Crippen molar-refractivity contribution in [2.45, 2.75) is 32.4 Å². The standard InChI is InChI=1S/C18H22N2O3/c1-11-16(18(22)23-17(11)20-12(2)21)15-5-3-13(4-6-15)14-7-9-19-10-8-14/h3-7,11,16-17,19H,8-10H2,1-2H3,(H,20,21)/t11?,16?,17-/m1/s1. The molecule has 2 N–H and O–H groups in total. The van der Waals surface area contributed by atoms with Crippen LogP contribution in [0.25, 0.3) is 5.57 Å². The van der Waals surface area contributed by atoms with Gasteiger partial charge in [-0.2, -0.15) is 0 Å². The lowest BCUT2D eigenvalue weighted by Crippen LogP contribution is -2.36. The van der Waals surface area contributed by atoms with Gasteiger partial charge in [0, 0.05) is 19.4 Å². The molecular formula is C18H22N2O3. The second-order valence-electron chi connectivity index (χ2n) is 6.20. The van der Waals surface area contributed by atoms with Crippen molar-refractivity contribution in [1.29, 1.82) is 0 Å². The Hall–Kier alpha value is -2.14. The molecule has 3 atom stereocenters. The first-order valence-corrected chi connectivity index (χ1v) is 8.04. The minimum atomic E-state index is -0.545. The number of hydrogen-bond acceptors (Lipinski definition) is 4. The number of carbonyl (C=O) groups is 2. The van der Waals surface area contributed by atoms with Crippen molar-refractivity contribution in [2.24, 2.45) is 5.92 Å². The lowest BCUT2D eigenvalue weighted by atomic mass is 9.87. The molecule has 1 fully saturated rings. The van der Waals surface area contributed by atoms with Crippen molar-refractivity contribution >= 4 is 17.4 Å². The molecule has 2 unspecified atom stereocenters. The Kier molecular flexibility index (Phi) is 4.48. The van der Waals surface area contributed by atoms with Gasteiger partial charge in [-0.15, -0.1) is 0 Å². The molecule has 5 nitrogen and oxygen atoms in total. The number of nitrogens with one attached hydrogen (secondary N) is 2. The molecule has 0 spiro atoms. The third-order valence-electron chi connectivity index (χ3n) is 4.55. The quantitative estimate of drug-likeness (QED) is 0.835. The average molecular weight is 314 g/mol. The zero-order valence-corrected chi connectivity index (χ0v) is 13.5. The molecule has 1 saturated heterocycles. The van der Waals surface area contributed by atoms with Crippen molar-refractivity contribution in [1.82, 2.24) is 10.6 Å². The molecule has 0 bridgehead atoms. The second kappa shape index (κ2) is 6.54. The van der Waals surface area contributed by atoms with E-state index in [1.165, 1.54) is 18.1 Å². The predicted molar refractivity (Wildman–Crippen MR) is 87.5 cm³/mol. The van der Waals surface area contributed by atoms with Gasteiger partial charge in [0.1, 0.15) is 0 Å². The molecule has 2 aliphatic heterocycles. The van der Waals surface area contributed by atoms with Gasteiger partial charge >= 0.3 is 5.97 Å². The van der Waals surface area contributed by atoms with Crippen LogP contribution in [0.4, 0.5) is 0 Å². The van der Waals surface area contributed by atoms with Crippen molar-refractivity contribution < 1.29 is 14.3 Å². The van der Waals surface area contributed by atoms with Gasteiger partial charge in [0.05, 0.1) is 5.92 Å². The van der Waals surface area contributed by atoms with Crippen LogP contribution in [-0.2, 0) is 14.3 Å². The number of ether oxygens (including phenoxy) is 1. The highest BCUT2D eigenvalue weighted by Gasteiger charge is 2.43. The molecule has 1 aromatic rings. The molecular weight excluding hydrogens is 292 g/mol. The normalized spacial score (nSPS) is 27.3. The maximum Gasteiger partial charge on any atom is 0.315 e. The summed E-state index contributed by atoms with van der Waals surface area (Å²) < 4.78 is 5.31. The van der Waals surface area contributed by atoms with Crippen LogP contribution in [-0.4, -0.2) is 31.2 Å². The van der Waals surface area contributed by atoms with Gasteiger partial charge in [-0.05, 0) is 29.7 Å². The Morgan fingerprint density at radius 1 is 1.30 bits per heavy atom. The first kappa shape index (κ1) is 15.7. The topological polar surface area (TPSA) is 67.4 Å². The first-order chi connectivity index (χ1) is 11.1. The highest BCUT2D eigenvalue weighted by molar-refractivity contribution is 5.82. The Balaban J connectivity index is 1.77. The molecule has 23 heavy (non-hydrogen) atoms. The monoisotopic (exact) mass is 314 g/mol. The van der Waals surface area contributed by atoms with Crippen molar-refractivity contribution in [2.75, 3.05) is 13.1 Å². The van der Waals surface area contributed by atoms with Crippen LogP contribution in [0.3, 0.4) is 0 Å². The zero-order valence-electron chi connectivity index (χ0n) is 13.5. The molecule has 1 amide bonds. The molecule has 0 radical (unpaired) electrons. The number of benzene rings is 1. The van der Waals surface area contributed by atoms with Gasteiger partial charge in [-0.25, -0.2) is 0 Å². The number of rotatable bonds is 3. The second-order valence-corrected chi connectivity index (χ2v) is 6.20. The van der Waals surface area contributed by atoms with Gasteiger partial charge in [0.25, 0.3) is 0 Å². The fraction of sp³-hybridized carbons (Fsp3) is 0.444. The summed E-state index contributed by atoms with van der Waals surface area (Å²) >= 11 is 0. The van der Waals surface area contributed by atoms with Gasteiger partial charge in [-0.3, -0.25) is 9.59 Å². The molecule has 2 aliphatic rings. The SMILES string of the molecule is CC(=O)N[C@@H]1OC(=O)C(c2ccc(C3=CCNCC3)cc2)C1C. The van der Waals surface area contributed by atoms with Crippen LogP contribution in [0.15, 0.2) is 30.3 Å². The predicted octanol–water partition coefficient (Wildman–Crippen LogP) is 1.80. The summed E-state index contributed by atoms with van der Waals surface area (Å²) in [5.41, 5.74) is 3.48. The lowest BCUT2D eigenvalue weighted by Gasteiger charge is -2.18. The zero-order chi connectivity index (χ0) is 16.4. The molecule has 0 saturated carbocycles. The van der Waals surface area contributed by atoms with E-state index in [2.05, 4.69) is 28.8 Å². The van der Waals surface area contributed by atoms with Crippen molar-refractivity contribution in [3.05, 3.63) is 41.5 Å². The number of carbonyl (C=O) groups excluding carboxylic acids is 2. The van der Waals surface area contributed by atoms with E-state index in [9.17, 15) is 9.59 Å². The Bertz CT molecular complexity index is 636. The maximum atomic E-state index is 12.2. The summed E-state index contributed by atoms with van der Waals surface area (Å²) in [6, 6.07) is 8.13. The van der Waals surface area contributed by atoms with E-state index in [1.807, 2.05) is 19.1 Å². The maximum absolute atomic E-state index is 12.2. The van der Waals surface area contributed by atoms with Gasteiger partial charge in [-0.1, -0.05) is 37.3 Å². The molecule has 0 aliphatic carbocycles. The van der Waals surface area contributed by atoms with Crippen LogP contribution in [0.1, 0.15) is 37.3 Å². The molecule has 3 rings (SSSR count). The largest absolute Gasteiger partial charge is 0.441 e. The Morgan fingerprint density at radius 2 is 2.04 bits per heavy atom. The van der Waals surface area contributed by atoms with Crippen LogP contribution in [0, 0.1) is 5.92 Å². The molecule has 122 valence electrons. The highest BCUT2D eigenvalue weighted by atomic mass is 16.6. The van der Waals surface area contributed by atoms with E-state index in [0.29, 0.717) is 0 Å². The van der Waals surface area contributed by atoms with E-state index in [0.717, 1.165) is 25.1 Å². The van der Waals surface area contributed by atoms with Crippen LogP contribution >= 0.6 is 0 Å². The van der Waals surface area contributed by atoms with E-state index in [4.69, 9.17) is 4.74 Å². The number of cyclic esters (lactones) is 1. The fourth-order valence-electron chi connectivity index (χ4n) is 3.29. The van der Waals surface area contributed by atoms with Crippen LogP contribution in [0.2, 0.25) is 0 Å². The molecule has 2 heterocycles. The Morgan fingerprint density at radius 3 is 2.65 bits per heavy atom. The third-order valence-corrected chi connectivity index (χ3v) is 4.55. The number of amides is 1. The number of esters is 1. The van der Waals surface area contributed by atoms with E-state index in [-0.39, 0.29) is 23.7 Å². The minimum absolute atomic E-state index is 0.0876. The summed E-state index contributed by atoms with van der Waals surface area (Å²) in [7, 11) is 0. The van der Waals surface area contributed by atoms with Crippen molar-refractivity contribution in [3.8, 4) is 0 Å². The fourth-order valence-corrected chi connectivity index (χ4v) is 3.29. The highest BCUT2D eigenvalue weighted by Crippen LogP contribution is 2.36. The summed E-state index contributed by atoms with van der Waals surface area (Å²) in [6.07, 6.45) is 2.68. The summed E-state index contributed by atoms with van der Waals surface area (Å²) in [6.45, 7) is 5.26. The minimum Gasteiger partial charge on any atom is -0.441 e. The van der Waals surface area contributed by atoms with E-state index in [1.54, 1.807) is 0 Å². The van der Waals surface area contributed by atoms with Crippen molar-refractivity contribution in [3.63, 3.8) is 0 Å². The summed E-state index contributed by atoms with van der Waals surface area (Å²) in [5.74, 6) is -0.883. The van der Waals surface area contributed by atoms with Crippen LogP contribution < -0.4 is 10.6 Å². The van der Waals surface area contributed by atoms with E-state index >= 15 is 0 Å². The van der Waals surface area contributed by atoms with Gasteiger partial charge < -0.3 is 15.4 Å². The van der Waals surface area contributed by atoms with Crippen LogP contribution in [0.5, 0.6) is 0 Å². The number of hydrogen-bond donors (Lipinski definition) is 2. The molecule has 1 aromatic carbocycles. The molecule has 0 aromatic heterocycles. The average Bonchev–Trinajstić information content (AvgIpc) is 2.82. The van der Waals surface area contributed by atoms with Gasteiger partial charge in [0.15, 0.2) is 6.23 Å². The lowest BCUT2D eigenvalue weighted by molar-refractivity contribution is -0.144. The smallest absolute Gasteiger partial charge is 0.315 e. The third kappa shape index (κ3) is 3.29.